The monoisotopic (exact) mass is 237 g/mol. The molecule has 0 amide bonds. The van der Waals surface area contributed by atoms with Gasteiger partial charge >= 0.3 is 0 Å². The molecule has 1 unspecified atom stereocenters. The van der Waals surface area contributed by atoms with Gasteiger partial charge in [0.2, 0.25) is 0 Å². The molecular weight excluding hydrogens is 214 g/mol. The Morgan fingerprint density at radius 1 is 1.24 bits per heavy atom. The summed E-state index contributed by atoms with van der Waals surface area (Å²) < 4.78 is 5.25. The number of aliphatic hydroxyl groups is 1. The van der Waals surface area contributed by atoms with E-state index >= 15 is 0 Å². The maximum absolute atomic E-state index is 10.2. The van der Waals surface area contributed by atoms with Gasteiger partial charge in [0.15, 0.2) is 0 Å². The van der Waals surface area contributed by atoms with Gasteiger partial charge in [-0.2, -0.15) is 0 Å². The van der Waals surface area contributed by atoms with E-state index in [0.717, 1.165) is 37.4 Å². The van der Waals surface area contributed by atoms with E-state index in [1.165, 1.54) is 0 Å². The minimum atomic E-state index is -0.452. The summed E-state index contributed by atoms with van der Waals surface area (Å²) in [6, 6.07) is 7.65. The van der Waals surface area contributed by atoms with Crippen LogP contribution in [0.3, 0.4) is 0 Å². The van der Waals surface area contributed by atoms with Crippen molar-refractivity contribution in [2.24, 2.45) is 0 Å². The molecule has 0 aliphatic carbocycles. The van der Waals surface area contributed by atoms with Crippen LogP contribution in [0.15, 0.2) is 24.3 Å². The van der Waals surface area contributed by atoms with Gasteiger partial charge in [-0.05, 0) is 25.6 Å². The highest BCUT2D eigenvalue weighted by molar-refractivity contribution is 5.34. The zero-order valence-corrected chi connectivity index (χ0v) is 11.0. The SMILES string of the molecule is CCN(CC)CCC(O)c1ccccc1OC. The first-order valence-corrected chi connectivity index (χ1v) is 6.26. The van der Waals surface area contributed by atoms with Crippen molar-refractivity contribution in [3.63, 3.8) is 0 Å². The first-order chi connectivity index (χ1) is 8.22. The van der Waals surface area contributed by atoms with E-state index in [2.05, 4.69) is 18.7 Å². The minimum absolute atomic E-state index is 0.452. The molecule has 1 atom stereocenters. The van der Waals surface area contributed by atoms with Crippen LogP contribution in [0, 0.1) is 0 Å². The lowest BCUT2D eigenvalue weighted by molar-refractivity contribution is 0.142. The number of rotatable bonds is 7. The van der Waals surface area contributed by atoms with E-state index in [-0.39, 0.29) is 0 Å². The standard InChI is InChI=1S/C14H23NO2/c1-4-15(5-2)11-10-13(16)12-8-6-7-9-14(12)17-3/h6-9,13,16H,4-5,10-11H2,1-3H3. The fourth-order valence-corrected chi connectivity index (χ4v) is 1.94. The van der Waals surface area contributed by atoms with Gasteiger partial charge < -0.3 is 14.7 Å². The zero-order chi connectivity index (χ0) is 12.7. The first kappa shape index (κ1) is 14.0. The van der Waals surface area contributed by atoms with Crippen LogP contribution >= 0.6 is 0 Å². The van der Waals surface area contributed by atoms with Crippen molar-refractivity contribution in [2.75, 3.05) is 26.7 Å². The van der Waals surface area contributed by atoms with Crippen molar-refractivity contribution in [3.05, 3.63) is 29.8 Å². The molecule has 96 valence electrons. The summed E-state index contributed by atoms with van der Waals surface area (Å²) in [5, 5.41) is 10.2. The van der Waals surface area contributed by atoms with E-state index in [4.69, 9.17) is 4.74 Å². The van der Waals surface area contributed by atoms with E-state index in [1.54, 1.807) is 7.11 Å². The second-order valence-electron chi connectivity index (χ2n) is 4.07. The van der Waals surface area contributed by atoms with Crippen molar-refractivity contribution < 1.29 is 9.84 Å². The summed E-state index contributed by atoms with van der Waals surface area (Å²) in [4.78, 5) is 2.30. The number of nitrogens with zero attached hydrogens (tertiary/aromatic N) is 1. The number of benzene rings is 1. The molecule has 3 heteroatoms. The molecule has 17 heavy (non-hydrogen) atoms. The smallest absolute Gasteiger partial charge is 0.124 e. The molecule has 0 aliphatic rings. The molecule has 0 bridgehead atoms. The molecule has 1 aromatic carbocycles. The molecule has 0 aromatic heterocycles. The van der Waals surface area contributed by atoms with Crippen LogP contribution in [0.25, 0.3) is 0 Å². The third-order valence-electron chi connectivity index (χ3n) is 3.11. The van der Waals surface area contributed by atoms with Gasteiger partial charge in [-0.15, -0.1) is 0 Å². The van der Waals surface area contributed by atoms with E-state index in [9.17, 15) is 5.11 Å². The average Bonchev–Trinajstić information content (AvgIpc) is 2.39. The molecule has 0 saturated carbocycles. The van der Waals surface area contributed by atoms with E-state index in [0.29, 0.717) is 0 Å². The van der Waals surface area contributed by atoms with Gasteiger partial charge in [0.25, 0.3) is 0 Å². The summed E-state index contributed by atoms with van der Waals surface area (Å²) in [5.41, 5.74) is 0.877. The number of hydrogen-bond acceptors (Lipinski definition) is 3. The van der Waals surface area contributed by atoms with Crippen molar-refractivity contribution in [2.45, 2.75) is 26.4 Å². The second-order valence-corrected chi connectivity index (χ2v) is 4.07. The Labute approximate surface area is 104 Å². The molecule has 0 heterocycles. The Morgan fingerprint density at radius 3 is 2.47 bits per heavy atom. The Morgan fingerprint density at radius 2 is 1.88 bits per heavy atom. The van der Waals surface area contributed by atoms with Crippen LogP contribution in [-0.2, 0) is 0 Å². The Balaban J connectivity index is 2.60. The lowest BCUT2D eigenvalue weighted by Gasteiger charge is -2.21. The fraction of sp³-hybridized carbons (Fsp3) is 0.571. The molecule has 1 aromatic rings. The molecule has 3 nitrogen and oxygen atoms in total. The second kappa shape index (κ2) is 7.30. The Bertz CT molecular complexity index is 324. The lowest BCUT2D eigenvalue weighted by atomic mass is 10.1. The lowest BCUT2D eigenvalue weighted by Crippen LogP contribution is -2.25. The van der Waals surface area contributed by atoms with Gasteiger partial charge in [-0.1, -0.05) is 32.0 Å². The zero-order valence-electron chi connectivity index (χ0n) is 11.0. The van der Waals surface area contributed by atoms with Gasteiger partial charge in [0.1, 0.15) is 5.75 Å². The van der Waals surface area contributed by atoms with Crippen LogP contribution < -0.4 is 4.74 Å². The number of hydrogen-bond donors (Lipinski definition) is 1. The van der Waals surface area contributed by atoms with Crippen molar-refractivity contribution in [1.82, 2.24) is 4.90 Å². The Kier molecular flexibility index (Phi) is 6.01. The maximum atomic E-state index is 10.2. The van der Waals surface area contributed by atoms with Crippen molar-refractivity contribution >= 4 is 0 Å². The molecule has 0 aliphatic heterocycles. The Hall–Kier alpha value is -1.06. The maximum Gasteiger partial charge on any atom is 0.124 e. The predicted molar refractivity (Wildman–Crippen MR) is 70.4 cm³/mol. The fourth-order valence-electron chi connectivity index (χ4n) is 1.94. The minimum Gasteiger partial charge on any atom is -0.496 e. The van der Waals surface area contributed by atoms with E-state index in [1.807, 2.05) is 24.3 Å². The van der Waals surface area contributed by atoms with Crippen molar-refractivity contribution in [3.8, 4) is 5.75 Å². The average molecular weight is 237 g/mol. The highest BCUT2D eigenvalue weighted by Gasteiger charge is 2.13. The highest BCUT2D eigenvalue weighted by Crippen LogP contribution is 2.26. The number of aliphatic hydroxyl groups excluding tert-OH is 1. The van der Waals surface area contributed by atoms with Gasteiger partial charge in [-0.25, -0.2) is 0 Å². The predicted octanol–water partition coefficient (Wildman–Crippen LogP) is 2.46. The molecule has 1 N–H and O–H groups in total. The quantitative estimate of drug-likeness (QED) is 0.790. The summed E-state index contributed by atoms with van der Waals surface area (Å²) in [6.07, 6.45) is 0.286. The molecule has 0 radical (unpaired) electrons. The topological polar surface area (TPSA) is 32.7 Å². The third kappa shape index (κ3) is 4.02. The van der Waals surface area contributed by atoms with Crippen molar-refractivity contribution in [1.29, 1.82) is 0 Å². The normalized spacial score (nSPS) is 12.8. The summed E-state index contributed by atoms with van der Waals surface area (Å²) in [6.45, 7) is 7.23. The number of ether oxygens (including phenoxy) is 1. The number of methoxy groups -OCH3 is 1. The van der Waals surface area contributed by atoms with Crippen LogP contribution in [0.2, 0.25) is 0 Å². The first-order valence-electron chi connectivity index (χ1n) is 6.26. The molecule has 0 spiro atoms. The molecular formula is C14H23NO2. The van der Waals surface area contributed by atoms with Gasteiger partial charge in [-0.3, -0.25) is 0 Å². The van der Waals surface area contributed by atoms with Gasteiger partial charge in [0, 0.05) is 12.1 Å². The number of para-hydroxylation sites is 1. The molecule has 0 saturated heterocycles. The third-order valence-corrected chi connectivity index (χ3v) is 3.11. The summed E-state index contributed by atoms with van der Waals surface area (Å²) in [7, 11) is 1.63. The summed E-state index contributed by atoms with van der Waals surface area (Å²) >= 11 is 0. The van der Waals surface area contributed by atoms with Crippen LogP contribution in [0.4, 0.5) is 0 Å². The van der Waals surface area contributed by atoms with Crippen LogP contribution in [0.1, 0.15) is 31.9 Å². The van der Waals surface area contributed by atoms with Crippen LogP contribution in [-0.4, -0.2) is 36.8 Å². The van der Waals surface area contributed by atoms with E-state index < -0.39 is 6.10 Å². The summed E-state index contributed by atoms with van der Waals surface area (Å²) in [5.74, 6) is 0.763. The van der Waals surface area contributed by atoms with Crippen LogP contribution in [0.5, 0.6) is 5.75 Å². The van der Waals surface area contributed by atoms with Gasteiger partial charge in [0.05, 0.1) is 13.2 Å². The molecule has 0 fully saturated rings. The highest BCUT2D eigenvalue weighted by atomic mass is 16.5. The largest absolute Gasteiger partial charge is 0.496 e. The molecule has 1 rings (SSSR count).